The van der Waals surface area contributed by atoms with Gasteiger partial charge in [0.1, 0.15) is 23.0 Å². The highest BCUT2D eigenvalue weighted by Crippen LogP contribution is 2.29. The second-order valence-corrected chi connectivity index (χ2v) is 11.3. The maximum Gasteiger partial charge on any atom is 0.129 e. The van der Waals surface area contributed by atoms with E-state index in [4.69, 9.17) is 0 Å². The molecule has 0 radical (unpaired) electrons. The molecule has 4 N–H and O–H groups in total. The van der Waals surface area contributed by atoms with E-state index in [1.165, 1.54) is 0 Å². The third-order valence-electron chi connectivity index (χ3n) is 7.42. The molecule has 4 aromatic carbocycles. The van der Waals surface area contributed by atoms with Gasteiger partial charge in [0.05, 0.1) is 26.2 Å². The number of phenolic OH excluding ortho intramolecular Hbond substituents is 4. The minimum Gasteiger partial charge on any atom is -0.507 e. The first-order chi connectivity index (χ1) is 21.1. The van der Waals surface area contributed by atoms with Crippen LogP contribution >= 0.6 is 0 Å². The Labute approximate surface area is 257 Å². The van der Waals surface area contributed by atoms with Crippen LogP contribution in [0.25, 0.3) is 0 Å². The summed E-state index contributed by atoms with van der Waals surface area (Å²) in [5.74, 6) is 0.324. The zero-order chi connectivity index (χ0) is 31.4. The molecule has 0 amide bonds. The third-order valence-corrected chi connectivity index (χ3v) is 7.42. The van der Waals surface area contributed by atoms with E-state index in [1.807, 2.05) is 76.2 Å². The van der Waals surface area contributed by atoms with Crippen LogP contribution in [0.5, 0.6) is 23.0 Å². The van der Waals surface area contributed by atoms with Gasteiger partial charge in [-0.3, -0.25) is 20.0 Å². The second-order valence-electron chi connectivity index (χ2n) is 11.3. The molecule has 8 nitrogen and oxygen atoms in total. The van der Waals surface area contributed by atoms with E-state index in [0.717, 1.165) is 22.3 Å². The molecule has 0 saturated carbocycles. The maximum absolute atomic E-state index is 11.0. The standard InChI is InChI=1S/C36H36N4O4/c1-21-5-25-13-37-15-27-7-22(2)9-29(34(27)42)17-39-19-31-11-24(4)12-32(36(31)44)20-40-18-30-10-23(3)8-28(35(30)43)16-38-14-26(6-21)33(25)41/h5-13,16-17,20,41-44H,14-15,18-19H2,1-4H3. The Morgan fingerprint density at radius 1 is 0.364 bits per heavy atom. The van der Waals surface area contributed by atoms with Gasteiger partial charge in [-0.25, -0.2) is 0 Å². The summed E-state index contributed by atoms with van der Waals surface area (Å²) >= 11 is 0. The number of rotatable bonds is 0. The first-order valence-electron chi connectivity index (χ1n) is 14.4. The lowest BCUT2D eigenvalue weighted by Gasteiger charge is -2.10. The van der Waals surface area contributed by atoms with Crippen LogP contribution in [0.2, 0.25) is 0 Å². The fourth-order valence-electron chi connectivity index (χ4n) is 5.38. The summed E-state index contributed by atoms with van der Waals surface area (Å²) in [6.45, 7) is 8.55. The number of nitrogens with zero attached hydrogens (tertiary/aromatic N) is 4. The molecule has 0 atom stereocenters. The van der Waals surface area contributed by atoms with Gasteiger partial charge in [0.15, 0.2) is 0 Å². The predicted molar refractivity (Wildman–Crippen MR) is 177 cm³/mol. The van der Waals surface area contributed by atoms with E-state index >= 15 is 0 Å². The third kappa shape index (κ3) is 6.86. The van der Waals surface area contributed by atoms with E-state index in [1.54, 1.807) is 24.9 Å². The average Bonchev–Trinajstić information content (AvgIpc) is 2.97. The van der Waals surface area contributed by atoms with Crippen molar-refractivity contribution < 1.29 is 20.4 Å². The minimum atomic E-state index is 0.0810. The van der Waals surface area contributed by atoms with Gasteiger partial charge in [0.25, 0.3) is 0 Å². The van der Waals surface area contributed by atoms with Crippen molar-refractivity contribution in [1.29, 1.82) is 0 Å². The zero-order valence-electron chi connectivity index (χ0n) is 25.3. The van der Waals surface area contributed by atoms with Crippen LogP contribution in [0.3, 0.4) is 0 Å². The Bertz CT molecular complexity index is 1580. The quantitative estimate of drug-likeness (QED) is 0.186. The molecule has 5 rings (SSSR count). The van der Waals surface area contributed by atoms with E-state index in [2.05, 4.69) is 20.0 Å². The molecule has 8 heteroatoms. The fourth-order valence-corrected chi connectivity index (χ4v) is 5.38. The molecule has 0 aromatic heterocycles. The number of hydrogen-bond acceptors (Lipinski definition) is 8. The molecule has 224 valence electrons. The molecule has 44 heavy (non-hydrogen) atoms. The fraction of sp³-hybridized carbons (Fsp3) is 0.222. The Morgan fingerprint density at radius 2 is 0.568 bits per heavy atom. The molecule has 8 bridgehead atoms. The van der Waals surface area contributed by atoms with Gasteiger partial charge < -0.3 is 20.4 Å². The predicted octanol–water partition coefficient (Wildman–Crippen LogP) is 6.53. The largest absolute Gasteiger partial charge is 0.507 e. The van der Waals surface area contributed by atoms with Crippen molar-refractivity contribution in [3.05, 3.63) is 115 Å². The maximum atomic E-state index is 11.0. The number of aromatic hydroxyl groups is 4. The highest BCUT2D eigenvalue weighted by atomic mass is 16.3. The van der Waals surface area contributed by atoms with Crippen LogP contribution in [0.15, 0.2) is 68.5 Å². The van der Waals surface area contributed by atoms with E-state index in [-0.39, 0.29) is 49.2 Å². The number of benzene rings is 4. The lowest BCUT2D eigenvalue weighted by atomic mass is 10.0. The average molecular weight is 589 g/mol. The number of aliphatic imine (C=N–C) groups is 4. The molecule has 0 saturated heterocycles. The molecule has 1 aliphatic heterocycles. The van der Waals surface area contributed by atoms with E-state index in [0.29, 0.717) is 44.5 Å². The van der Waals surface area contributed by atoms with E-state index in [9.17, 15) is 20.4 Å². The molecule has 1 heterocycles. The lowest BCUT2D eigenvalue weighted by Crippen LogP contribution is -1.96. The van der Waals surface area contributed by atoms with Crippen LogP contribution in [0.4, 0.5) is 0 Å². The summed E-state index contributed by atoms with van der Waals surface area (Å²) in [5.41, 5.74) is 8.48. The number of fused-ring (bicyclic) bond motifs is 8. The lowest BCUT2D eigenvalue weighted by molar-refractivity contribution is 0.467. The Morgan fingerprint density at radius 3 is 0.773 bits per heavy atom. The van der Waals surface area contributed by atoms with Crippen molar-refractivity contribution in [2.75, 3.05) is 0 Å². The van der Waals surface area contributed by atoms with Gasteiger partial charge >= 0.3 is 0 Å². The van der Waals surface area contributed by atoms with Crippen molar-refractivity contribution in [2.45, 2.75) is 53.9 Å². The Kier molecular flexibility index (Phi) is 8.90. The highest BCUT2D eigenvalue weighted by Gasteiger charge is 2.12. The molecule has 0 aliphatic carbocycles. The van der Waals surface area contributed by atoms with Crippen molar-refractivity contribution in [2.24, 2.45) is 20.0 Å². The van der Waals surface area contributed by atoms with Crippen LogP contribution < -0.4 is 0 Å². The molecule has 1 aliphatic rings. The van der Waals surface area contributed by atoms with Crippen LogP contribution in [0.1, 0.15) is 66.8 Å². The zero-order valence-corrected chi connectivity index (χ0v) is 25.3. The Balaban J connectivity index is 1.58. The van der Waals surface area contributed by atoms with Gasteiger partial charge in [0.2, 0.25) is 0 Å². The van der Waals surface area contributed by atoms with Crippen molar-refractivity contribution in [1.82, 2.24) is 0 Å². The summed E-state index contributed by atoms with van der Waals surface area (Å²) in [6.07, 6.45) is 6.39. The van der Waals surface area contributed by atoms with E-state index < -0.39 is 0 Å². The minimum absolute atomic E-state index is 0.0810. The van der Waals surface area contributed by atoms with Gasteiger partial charge in [-0.05, 0) is 74.2 Å². The van der Waals surface area contributed by atoms with Crippen molar-refractivity contribution >= 4 is 24.9 Å². The second kappa shape index (κ2) is 13.0. The molecule has 4 aromatic rings. The monoisotopic (exact) mass is 588 g/mol. The van der Waals surface area contributed by atoms with Gasteiger partial charge in [-0.1, -0.05) is 24.3 Å². The first-order valence-corrected chi connectivity index (χ1v) is 14.4. The summed E-state index contributed by atoms with van der Waals surface area (Å²) in [6, 6.07) is 14.8. The molecule has 0 unspecified atom stereocenters. The number of phenols is 4. The smallest absolute Gasteiger partial charge is 0.129 e. The number of aryl methyl sites for hydroxylation is 4. The van der Waals surface area contributed by atoms with Crippen LogP contribution in [-0.2, 0) is 26.2 Å². The summed E-state index contributed by atoms with van der Waals surface area (Å²) in [5, 5.41) is 44.0. The molecule has 0 fully saturated rings. The van der Waals surface area contributed by atoms with Gasteiger partial charge in [-0.15, -0.1) is 0 Å². The van der Waals surface area contributed by atoms with Gasteiger partial charge in [-0.2, -0.15) is 0 Å². The SMILES string of the molecule is Cc1cc2c(O)c(c1)CN=Cc1cc(C)cc(c1O)CN=Cc1cc(C)cc(c1O)CN=Cc1cc(C)cc(c1O)CN=C2. The highest BCUT2D eigenvalue weighted by molar-refractivity contribution is 5.87. The van der Waals surface area contributed by atoms with Crippen LogP contribution in [0, 0.1) is 27.7 Å². The van der Waals surface area contributed by atoms with Crippen molar-refractivity contribution in [3.63, 3.8) is 0 Å². The molecular formula is C36H36N4O4. The topological polar surface area (TPSA) is 130 Å². The van der Waals surface area contributed by atoms with Crippen LogP contribution in [-0.4, -0.2) is 45.3 Å². The first kappa shape index (κ1) is 30.2. The van der Waals surface area contributed by atoms with Gasteiger partial charge in [0, 0.05) is 69.4 Å². The molecule has 0 spiro atoms. The molecular weight excluding hydrogens is 552 g/mol. The number of hydrogen-bond donors (Lipinski definition) is 4. The summed E-state index contributed by atoms with van der Waals surface area (Å²) in [7, 11) is 0. The van der Waals surface area contributed by atoms with Crippen molar-refractivity contribution in [3.8, 4) is 23.0 Å². The summed E-state index contributed by atoms with van der Waals surface area (Å²) in [4.78, 5) is 18.1. The Hall–Kier alpha value is -5.24. The summed E-state index contributed by atoms with van der Waals surface area (Å²) < 4.78 is 0. The normalized spacial score (nSPS) is 13.5.